The molecule has 2 rings (SSSR count). The Morgan fingerprint density at radius 1 is 1.09 bits per heavy atom. The monoisotopic (exact) mass is 310 g/mol. The molecule has 0 spiro atoms. The first-order valence-electron chi connectivity index (χ1n) is 6.71. The molecule has 0 atom stereocenters. The molecule has 3 nitrogen and oxygen atoms in total. The number of halogens is 3. The third kappa shape index (κ3) is 3.06. The fraction of sp³-hybridized carbons (Fsp3) is 0.312. The van der Waals surface area contributed by atoms with Gasteiger partial charge in [-0.3, -0.25) is 4.79 Å². The molecule has 0 saturated heterocycles. The highest BCUT2D eigenvalue weighted by Gasteiger charge is 2.34. The summed E-state index contributed by atoms with van der Waals surface area (Å²) in [5.41, 5.74) is 4.59. The Morgan fingerprint density at radius 2 is 1.68 bits per heavy atom. The van der Waals surface area contributed by atoms with Crippen LogP contribution < -0.4 is 11.2 Å². The zero-order chi connectivity index (χ0) is 16.7. The van der Waals surface area contributed by atoms with Crippen molar-refractivity contribution in [1.29, 1.82) is 0 Å². The van der Waals surface area contributed by atoms with E-state index in [0.717, 1.165) is 6.07 Å². The van der Waals surface area contributed by atoms with Crippen LogP contribution >= 0.6 is 0 Å². The molecule has 0 aliphatic heterocycles. The number of hydrogen-bond donors (Lipinski definition) is 1. The van der Waals surface area contributed by atoms with Gasteiger partial charge in [0.1, 0.15) is 0 Å². The molecular formula is C16H17F3N2O. The summed E-state index contributed by atoms with van der Waals surface area (Å²) in [5.74, 6) is 0. The number of aryl methyl sites for hydroxylation is 1. The molecule has 2 aromatic rings. The van der Waals surface area contributed by atoms with Crippen molar-refractivity contribution in [2.45, 2.75) is 32.5 Å². The van der Waals surface area contributed by atoms with Crippen LogP contribution in [0.25, 0.3) is 5.69 Å². The van der Waals surface area contributed by atoms with Gasteiger partial charge in [-0.25, -0.2) is 0 Å². The number of nitrogens with zero attached hydrogens (tertiary/aromatic N) is 1. The minimum absolute atomic E-state index is 0.0296. The molecule has 22 heavy (non-hydrogen) atoms. The van der Waals surface area contributed by atoms with Crippen molar-refractivity contribution in [2.24, 2.45) is 5.73 Å². The number of benzene rings is 1. The largest absolute Gasteiger partial charge is 0.418 e. The number of pyridine rings is 1. The first kappa shape index (κ1) is 16.3. The van der Waals surface area contributed by atoms with Crippen molar-refractivity contribution in [2.75, 3.05) is 0 Å². The van der Waals surface area contributed by atoms with Gasteiger partial charge in [-0.15, -0.1) is 0 Å². The van der Waals surface area contributed by atoms with Gasteiger partial charge in [0.2, 0.25) is 0 Å². The summed E-state index contributed by atoms with van der Waals surface area (Å²) in [5, 5.41) is 0. The van der Waals surface area contributed by atoms with Crippen LogP contribution in [-0.2, 0) is 11.7 Å². The molecule has 1 aromatic carbocycles. The van der Waals surface area contributed by atoms with Gasteiger partial charge in [0.05, 0.1) is 11.3 Å². The minimum atomic E-state index is -4.48. The van der Waals surface area contributed by atoms with Gasteiger partial charge in [-0.1, -0.05) is 12.1 Å². The van der Waals surface area contributed by atoms with Gasteiger partial charge in [-0.05, 0) is 32.9 Å². The summed E-state index contributed by atoms with van der Waals surface area (Å²) >= 11 is 0. The Bertz CT molecular complexity index is 755. The summed E-state index contributed by atoms with van der Waals surface area (Å²) in [7, 11) is 0. The van der Waals surface area contributed by atoms with Crippen LogP contribution in [0, 0.1) is 6.92 Å². The number of hydrogen-bond acceptors (Lipinski definition) is 2. The third-order valence-corrected chi connectivity index (χ3v) is 3.41. The maximum absolute atomic E-state index is 13.2. The molecule has 0 saturated carbocycles. The molecule has 1 heterocycles. The van der Waals surface area contributed by atoms with E-state index >= 15 is 0 Å². The molecule has 0 bridgehead atoms. The first-order chi connectivity index (χ1) is 10.0. The van der Waals surface area contributed by atoms with Gasteiger partial charge < -0.3 is 10.3 Å². The lowest BCUT2D eigenvalue weighted by molar-refractivity contribution is -0.137. The Hall–Kier alpha value is -2.08. The molecule has 0 radical (unpaired) electrons. The maximum atomic E-state index is 13.2. The average molecular weight is 310 g/mol. The maximum Gasteiger partial charge on any atom is 0.418 e. The fourth-order valence-electron chi connectivity index (χ4n) is 2.30. The molecule has 0 unspecified atom stereocenters. The molecule has 2 N–H and O–H groups in total. The number of rotatable bonds is 2. The Kier molecular flexibility index (Phi) is 3.91. The van der Waals surface area contributed by atoms with Crippen molar-refractivity contribution >= 4 is 0 Å². The quantitative estimate of drug-likeness (QED) is 0.924. The lowest BCUT2D eigenvalue weighted by Gasteiger charge is -2.22. The Morgan fingerprint density at radius 3 is 2.23 bits per heavy atom. The normalized spacial score (nSPS) is 12.5. The topological polar surface area (TPSA) is 48.0 Å². The SMILES string of the molecule is Cc1cc(=O)c(C(C)(C)N)cn1-c1ccccc1C(F)(F)F. The Balaban J connectivity index is 2.77. The summed E-state index contributed by atoms with van der Waals surface area (Å²) in [6.07, 6.45) is -3.09. The highest BCUT2D eigenvalue weighted by molar-refractivity contribution is 5.45. The van der Waals surface area contributed by atoms with Gasteiger partial charge in [0.25, 0.3) is 0 Å². The molecule has 6 heteroatoms. The summed E-state index contributed by atoms with van der Waals surface area (Å²) < 4.78 is 40.9. The molecule has 1 aromatic heterocycles. The van der Waals surface area contributed by atoms with Crippen molar-refractivity contribution in [3.63, 3.8) is 0 Å². The van der Waals surface area contributed by atoms with E-state index in [0.29, 0.717) is 5.69 Å². The van der Waals surface area contributed by atoms with E-state index < -0.39 is 17.3 Å². The van der Waals surface area contributed by atoms with E-state index in [-0.39, 0.29) is 16.7 Å². The highest BCUT2D eigenvalue weighted by Crippen LogP contribution is 2.34. The van der Waals surface area contributed by atoms with Crippen molar-refractivity contribution in [3.8, 4) is 5.69 Å². The van der Waals surface area contributed by atoms with Crippen LogP contribution in [0.1, 0.15) is 30.7 Å². The van der Waals surface area contributed by atoms with E-state index in [2.05, 4.69) is 0 Å². The first-order valence-corrected chi connectivity index (χ1v) is 6.71. The predicted molar refractivity (Wildman–Crippen MR) is 79.0 cm³/mol. The molecular weight excluding hydrogens is 293 g/mol. The second-order valence-corrected chi connectivity index (χ2v) is 5.80. The highest BCUT2D eigenvalue weighted by atomic mass is 19.4. The number of nitrogens with two attached hydrogens (primary N) is 1. The number of aromatic nitrogens is 1. The summed E-state index contributed by atoms with van der Waals surface area (Å²) in [6.45, 7) is 4.86. The molecule has 0 aliphatic carbocycles. The van der Waals surface area contributed by atoms with Crippen LogP contribution in [0.4, 0.5) is 13.2 Å². The summed E-state index contributed by atoms with van der Waals surface area (Å²) in [6, 6.07) is 6.54. The van der Waals surface area contributed by atoms with Gasteiger partial charge in [-0.2, -0.15) is 13.2 Å². The molecule has 118 valence electrons. The molecule has 0 fully saturated rings. The fourth-order valence-corrected chi connectivity index (χ4v) is 2.30. The predicted octanol–water partition coefficient (Wildman–Crippen LogP) is 3.36. The van der Waals surface area contributed by atoms with E-state index in [1.807, 2.05) is 0 Å². The van der Waals surface area contributed by atoms with E-state index in [4.69, 9.17) is 5.73 Å². The minimum Gasteiger partial charge on any atom is -0.322 e. The average Bonchev–Trinajstić information content (AvgIpc) is 2.36. The standard InChI is InChI=1S/C16H17F3N2O/c1-10-8-14(22)12(15(2,3)20)9-21(10)13-7-5-4-6-11(13)16(17,18)19/h4-9H,20H2,1-3H3. The third-order valence-electron chi connectivity index (χ3n) is 3.41. The van der Waals surface area contributed by atoms with Crippen LogP contribution in [-0.4, -0.2) is 4.57 Å². The van der Waals surface area contributed by atoms with Crippen LogP contribution in [0.3, 0.4) is 0 Å². The van der Waals surface area contributed by atoms with E-state index in [1.165, 1.54) is 35.0 Å². The zero-order valence-electron chi connectivity index (χ0n) is 12.5. The van der Waals surface area contributed by atoms with Gasteiger partial charge in [0.15, 0.2) is 5.43 Å². The lowest BCUT2D eigenvalue weighted by atomic mass is 9.96. The second-order valence-electron chi connectivity index (χ2n) is 5.80. The Labute approximate surface area is 126 Å². The lowest BCUT2D eigenvalue weighted by Crippen LogP contribution is -2.35. The molecule has 0 amide bonds. The van der Waals surface area contributed by atoms with Crippen molar-refractivity contribution in [3.05, 3.63) is 63.6 Å². The van der Waals surface area contributed by atoms with E-state index in [1.54, 1.807) is 20.8 Å². The van der Waals surface area contributed by atoms with Crippen molar-refractivity contribution in [1.82, 2.24) is 4.57 Å². The smallest absolute Gasteiger partial charge is 0.322 e. The number of para-hydroxylation sites is 1. The van der Waals surface area contributed by atoms with Crippen LogP contribution in [0.15, 0.2) is 41.3 Å². The van der Waals surface area contributed by atoms with Crippen LogP contribution in [0.2, 0.25) is 0 Å². The van der Waals surface area contributed by atoms with Gasteiger partial charge in [0, 0.05) is 29.1 Å². The zero-order valence-corrected chi connectivity index (χ0v) is 12.5. The summed E-state index contributed by atoms with van der Waals surface area (Å²) in [4.78, 5) is 12.0. The number of alkyl halides is 3. The molecule has 0 aliphatic rings. The van der Waals surface area contributed by atoms with Crippen LogP contribution in [0.5, 0.6) is 0 Å². The second kappa shape index (κ2) is 5.28. The van der Waals surface area contributed by atoms with Crippen molar-refractivity contribution < 1.29 is 13.2 Å². The van der Waals surface area contributed by atoms with E-state index in [9.17, 15) is 18.0 Å². The van der Waals surface area contributed by atoms with Gasteiger partial charge >= 0.3 is 6.18 Å².